The van der Waals surface area contributed by atoms with Crippen molar-refractivity contribution in [3.63, 3.8) is 0 Å². The fraction of sp³-hybridized carbons (Fsp3) is 0.833. The van der Waals surface area contributed by atoms with E-state index in [-0.39, 0.29) is 0 Å². The lowest BCUT2D eigenvalue weighted by Crippen LogP contribution is -2.22. The third-order valence-electron chi connectivity index (χ3n) is 1.59. The molecule has 1 saturated heterocycles. The van der Waals surface area contributed by atoms with Gasteiger partial charge in [-0.05, 0) is 18.5 Å². The van der Waals surface area contributed by atoms with Gasteiger partial charge in [0.05, 0.1) is 0 Å². The van der Waals surface area contributed by atoms with Crippen LogP contribution in [0.5, 0.6) is 0 Å². The van der Waals surface area contributed by atoms with Gasteiger partial charge in [0.15, 0.2) is 9.04 Å². The topological polar surface area (TPSA) is 9.23 Å². The molecule has 1 fully saturated rings. The molecule has 1 radical (unpaired) electrons. The molecule has 0 bridgehead atoms. The van der Waals surface area contributed by atoms with Crippen molar-refractivity contribution in [2.24, 2.45) is 0 Å². The van der Waals surface area contributed by atoms with E-state index >= 15 is 0 Å². The number of hydrogen-bond donors (Lipinski definition) is 0. The molecule has 1 unspecified atom stereocenters. The van der Waals surface area contributed by atoms with Crippen LogP contribution in [0.3, 0.4) is 0 Å². The molecule has 1 heterocycles. The summed E-state index contributed by atoms with van der Waals surface area (Å²) < 4.78 is 5.51. The summed E-state index contributed by atoms with van der Waals surface area (Å²) in [4.78, 5) is 0. The van der Waals surface area contributed by atoms with Gasteiger partial charge in [0, 0.05) is 6.61 Å². The summed E-state index contributed by atoms with van der Waals surface area (Å²) in [7, 11) is -0.730. The quantitative estimate of drug-likeness (QED) is 0.485. The molecule has 1 rings (SSSR count). The third-order valence-corrected chi connectivity index (χ3v) is 3.97. The Bertz CT molecular complexity index is 59.5. The summed E-state index contributed by atoms with van der Waals surface area (Å²) >= 11 is 0. The highest BCUT2D eigenvalue weighted by Gasteiger charge is 2.12. The van der Waals surface area contributed by atoms with Crippen LogP contribution in [0.25, 0.3) is 0 Å². The smallest absolute Gasteiger partial charge is 0.179 e. The van der Waals surface area contributed by atoms with E-state index in [9.17, 15) is 0 Å². The predicted molar refractivity (Wildman–Crippen MR) is 37.1 cm³/mol. The molecule has 47 valence electrons. The molecule has 1 nitrogen and oxygen atoms in total. The first-order valence-electron chi connectivity index (χ1n) is 3.34. The number of hydrogen-bond acceptors (Lipinski definition) is 1. The highest BCUT2D eigenvalue weighted by molar-refractivity contribution is 6.55. The SMILES string of the molecule is C[CH][SiH]1CCCCO1. The summed E-state index contributed by atoms with van der Waals surface area (Å²) in [5, 5.41) is 0. The second-order valence-corrected chi connectivity index (χ2v) is 4.89. The molecule has 0 N–H and O–H groups in total. The zero-order chi connectivity index (χ0) is 5.82. The summed E-state index contributed by atoms with van der Waals surface area (Å²) in [6.07, 6.45) is 2.69. The van der Waals surface area contributed by atoms with Crippen LogP contribution < -0.4 is 0 Å². The van der Waals surface area contributed by atoms with Crippen LogP contribution in [-0.4, -0.2) is 15.6 Å². The first-order valence-corrected chi connectivity index (χ1v) is 5.30. The van der Waals surface area contributed by atoms with Crippen LogP contribution in [0.2, 0.25) is 6.04 Å². The minimum Gasteiger partial charge on any atom is -0.420 e. The van der Waals surface area contributed by atoms with Gasteiger partial charge in [-0.3, -0.25) is 0 Å². The minimum absolute atomic E-state index is 0.730. The second-order valence-electron chi connectivity index (χ2n) is 2.24. The van der Waals surface area contributed by atoms with E-state index in [2.05, 4.69) is 13.0 Å². The van der Waals surface area contributed by atoms with Crippen molar-refractivity contribution in [2.75, 3.05) is 6.61 Å². The fourth-order valence-corrected chi connectivity index (χ4v) is 2.88. The van der Waals surface area contributed by atoms with Gasteiger partial charge >= 0.3 is 0 Å². The van der Waals surface area contributed by atoms with Crippen LogP contribution in [0.1, 0.15) is 19.8 Å². The van der Waals surface area contributed by atoms with Gasteiger partial charge in [-0.25, -0.2) is 0 Å². The van der Waals surface area contributed by atoms with Crippen molar-refractivity contribution in [3.05, 3.63) is 6.04 Å². The fourth-order valence-electron chi connectivity index (χ4n) is 1.03. The Morgan fingerprint density at radius 1 is 1.50 bits per heavy atom. The highest BCUT2D eigenvalue weighted by Crippen LogP contribution is 2.11. The zero-order valence-electron chi connectivity index (χ0n) is 5.39. The lowest BCUT2D eigenvalue weighted by atomic mass is 10.4. The Morgan fingerprint density at radius 3 is 2.75 bits per heavy atom. The van der Waals surface area contributed by atoms with Crippen LogP contribution in [0.4, 0.5) is 0 Å². The maximum atomic E-state index is 5.51. The van der Waals surface area contributed by atoms with Crippen LogP contribution >= 0.6 is 0 Å². The Morgan fingerprint density at radius 2 is 2.38 bits per heavy atom. The van der Waals surface area contributed by atoms with Crippen LogP contribution in [0, 0.1) is 6.04 Å². The van der Waals surface area contributed by atoms with Crippen molar-refractivity contribution in [1.82, 2.24) is 0 Å². The van der Waals surface area contributed by atoms with Gasteiger partial charge in [0.2, 0.25) is 0 Å². The minimum atomic E-state index is -0.730. The first kappa shape index (κ1) is 6.30. The highest BCUT2D eigenvalue weighted by atomic mass is 28.3. The van der Waals surface area contributed by atoms with Crippen molar-refractivity contribution in [3.8, 4) is 0 Å². The molecule has 0 aliphatic carbocycles. The second kappa shape index (κ2) is 3.25. The molecule has 0 spiro atoms. The van der Waals surface area contributed by atoms with Crippen molar-refractivity contribution < 1.29 is 4.43 Å². The standard InChI is InChI=1S/C6H13OSi/c1-2-8-6-4-3-5-7-8/h2,8H,3-6H2,1H3. The van der Waals surface area contributed by atoms with Crippen molar-refractivity contribution in [1.29, 1.82) is 0 Å². The molecule has 1 aliphatic heterocycles. The first-order chi connectivity index (χ1) is 3.93. The molecule has 1 aliphatic rings. The van der Waals surface area contributed by atoms with E-state index in [1.165, 1.54) is 18.9 Å². The largest absolute Gasteiger partial charge is 0.420 e. The molecule has 2 heteroatoms. The van der Waals surface area contributed by atoms with Crippen LogP contribution in [0.15, 0.2) is 0 Å². The maximum absolute atomic E-state index is 5.51. The molecule has 0 aromatic carbocycles. The number of rotatable bonds is 1. The van der Waals surface area contributed by atoms with Gasteiger partial charge in [-0.2, -0.15) is 0 Å². The summed E-state index contributed by atoms with van der Waals surface area (Å²) in [6.45, 7) is 3.16. The molecule has 1 atom stereocenters. The van der Waals surface area contributed by atoms with E-state index in [0.29, 0.717) is 0 Å². The molecule has 0 amide bonds. The normalized spacial score (nSPS) is 30.4. The average molecular weight is 129 g/mol. The molecule has 8 heavy (non-hydrogen) atoms. The Hall–Kier alpha value is 0.177. The van der Waals surface area contributed by atoms with E-state index in [1.54, 1.807) is 0 Å². The Balaban J connectivity index is 2.13. The van der Waals surface area contributed by atoms with Gasteiger partial charge in [0.1, 0.15) is 0 Å². The van der Waals surface area contributed by atoms with Crippen LogP contribution in [-0.2, 0) is 4.43 Å². The zero-order valence-corrected chi connectivity index (χ0v) is 6.55. The molecule has 0 saturated carbocycles. The van der Waals surface area contributed by atoms with E-state index in [4.69, 9.17) is 4.43 Å². The average Bonchev–Trinajstić information content (AvgIpc) is 1.90. The third kappa shape index (κ3) is 1.60. The predicted octanol–water partition coefficient (Wildman–Crippen LogP) is 1.28. The van der Waals surface area contributed by atoms with E-state index in [1.807, 2.05) is 0 Å². The van der Waals surface area contributed by atoms with Gasteiger partial charge in [-0.15, -0.1) is 0 Å². The van der Waals surface area contributed by atoms with Gasteiger partial charge in [-0.1, -0.05) is 13.3 Å². The maximum Gasteiger partial charge on any atom is 0.179 e. The summed E-state index contributed by atoms with van der Waals surface area (Å²) in [5.41, 5.74) is 0. The van der Waals surface area contributed by atoms with Crippen molar-refractivity contribution >= 4 is 9.04 Å². The summed E-state index contributed by atoms with van der Waals surface area (Å²) in [6, 6.07) is 3.65. The lowest BCUT2D eigenvalue weighted by molar-refractivity contribution is 0.291. The monoisotopic (exact) mass is 129 g/mol. The van der Waals surface area contributed by atoms with E-state index < -0.39 is 9.04 Å². The summed E-state index contributed by atoms with van der Waals surface area (Å²) in [5.74, 6) is 0. The van der Waals surface area contributed by atoms with Gasteiger partial charge < -0.3 is 4.43 Å². The molecule has 0 aromatic rings. The molecule has 0 aromatic heterocycles. The van der Waals surface area contributed by atoms with Gasteiger partial charge in [0.25, 0.3) is 0 Å². The lowest BCUT2D eigenvalue weighted by Gasteiger charge is -2.18. The Kier molecular flexibility index (Phi) is 2.56. The van der Waals surface area contributed by atoms with Crippen molar-refractivity contribution in [2.45, 2.75) is 25.8 Å². The van der Waals surface area contributed by atoms with E-state index in [0.717, 1.165) is 6.61 Å². The molecular weight excluding hydrogens is 116 g/mol. The molecular formula is C6H13OSi. The Labute approximate surface area is 52.8 Å².